The maximum atomic E-state index is 10.5. The van der Waals surface area contributed by atoms with Gasteiger partial charge in [0, 0.05) is 13.0 Å². The molecule has 15 heavy (non-hydrogen) atoms. The standard InChI is InChI=1S/C11H17N3O/c12-9-5-1-2-6-10(9)14-8-4-3-7-11(13)15/h1-2,5-6,14H,3-4,7-8,12H2,(H2,13,15). The average Bonchev–Trinajstić information content (AvgIpc) is 2.20. The van der Waals surface area contributed by atoms with E-state index in [4.69, 9.17) is 11.5 Å². The van der Waals surface area contributed by atoms with Gasteiger partial charge in [0.1, 0.15) is 0 Å². The number of nitrogen functional groups attached to an aromatic ring is 1. The molecule has 1 amide bonds. The highest BCUT2D eigenvalue weighted by Gasteiger charge is 1.97. The van der Waals surface area contributed by atoms with Crippen LogP contribution in [0.4, 0.5) is 11.4 Å². The van der Waals surface area contributed by atoms with Gasteiger partial charge in [-0.15, -0.1) is 0 Å². The Hall–Kier alpha value is -1.71. The second kappa shape index (κ2) is 5.90. The summed E-state index contributed by atoms with van der Waals surface area (Å²) in [7, 11) is 0. The van der Waals surface area contributed by atoms with Crippen molar-refractivity contribution in [3.63, 3.8) is 0 Å². The van der Waals surface area contributed by atoms with Crippen molar-refractivity contribution in [1.82, 2.24) is 0 Å². The molecule has 0 saturated carbocycles. The lowest BCUT2D eigenvalue weighted by Gasteiger charge is -2.08. The van der Waals surface area contributed by atoms with Crippen LogP contribution in [-0.2, 0) is 4.79 Å². The van der Waals surface area contributed by atoms with Crippen LogP contribution in [0, 0.1) is 0 Å². The molecule has 82 valence electrons. The molecule has 5 N–H and O–H groups in total. The minimum Gasteiger partial charge on any atom is -0.397 e. The molecule has 0 aliphatic carbocycles. The van der Waals surface area contributed by atoms with Crippen LogP contribution >= 0.6 is 0 Å². The summed E-state index contributed by atoms with van der Waals surface area (Å²) in [6.45, 7) is 0.807. The predicted octanol–water partition coefficient (Wildman–Crippen LogP) is 1.34. The number of rotatable bonds is 6. The van der Waals surface area contributed by atoms with E-state index in [9.17, 15) is 4.79 Å². The van der Waals surface area contributed by atoms with Gasteiger partial charge in [0.2, 0.25) is 5.91 Å². The first-order valence-electron chi connectivity index (χ1n) is 5.07. The average molecular weight is 207 g/mol. The maximum Gasteiger partial charge on any atom is 0.217 e. The summed E-state index contributed by atoms with van der Waals surface area (Å²) in [5.41, 5.74) is 12.5. The van der Waals surface area contributed by atoms with Crippen LogP contribution in [0.15, 0.2) is 24.3 Å². The molecular weight excluding hydrogens is 190 g/mol. The zero-order chi connectivity index (χ0) is 11.1. The molecule has 0 aromatic heterocycles. The van der Waals surface area contributed by atoms with Gasteiger partial charge in [-0.25, -0.2) is 0 Å². The fourth-order valence-corrected chi connectivity index (χ4v) is 1.31. The zero-order valence-corrected chi connectivity index (χ0v) is 8.70. The lowest BCUT2D eigenvalue weighted by Crippen LogP contribution is -2.11. The van der Waals surface area contributed by atoms with E-state index in [1.165, 1.54) is 0 Å². The Kier molecular flexibility index (Phi) is 4.47. The van der Waals surface area contributed by atoms with Crippen LogP contribution < -0.4 is 16.8 Å². The topological polar surface area (TPSA) is 81.1 Å². The van der Waals surface area contributed by atoms with Gasteiger partial charge < -0.3 is 16.8 Å². The third-order valence-electron chi connectivity index (χ3n) is 2.13. The Labute approximate surface area is 89.6 Å². The summed E-state index contributed by atoms with van der Waals surface area (Å²) in [5.74, 6) is -0.241. The number of para-hydroxylation sites is 2. The SMILES string of the molecule is NC(=O)CCCCNc1ccccc1N. The molecule has 0 aliphatic heterocycles. The van der Waals surface area contributed by atoms with Gasteiger partial charge in [-0.2, -0.15) is 0 Å². The first-order valence-corrected chi connectivity index (χ1v) is 5.07. The molecule has 0 heterocycles. The number of anilines is 2. The van der Waals surface area contributed by atoms with Gasteiger partial charge in [-0.05, 0) is 25.0 Å². The number of primary amides is 1. The van der Waals surface area contributed by atoms with Crippen molar-refractivity contribution in [3.05, 3.63) is 24.3 Å². The van der Waals surface area contributed by atoms with E-state index in [-0.39, 0.29) is 5.91 Å². The summed E-state index contributed by atoms with van der Waals surface area (Å²) in [4.78, 5) is 10.5. The number of hydrogen-bond donors (Lipinski definition) is 3. The molecular formula is C11H17N3O. The van der Waals surface area contributed by atoms with Crippen molar-refractivity contribution in [3.8, 4) is 0 Å². The molecule has 0 aliphatic rings. The number of unbranched alkanes of at least 4 members (excludes halogenated alkanes) is 1. The first-order chi connectivity index (χ1) is 7.20. The minimum absolute atomic E-state index is 0.241. The van der Waals surface area contributed by atoms with Gasteiger partial charge in [0.25, 0.3) is 0 Å². The lowest BCUT2D eigenvalue weighted by atomic mass is 10.2. The second-order valence-electron chi connectivity index (χ2n) is 3.44. The van der Waals surface area contributed by atoms with Crippen molar-refractivity contribution in [2.24, 2.45) is 5.73 Å². The van der Waals surface area contributed by atoms with Gasteiger partial charge in [0.05, 0.1) is 11.4 Å². The second-order valence-corrected chi connectivity index (χ2v) is 3.44. The first kappa shape index (κ1) is 11.4. The third-order valence-corrected chi connectivity index (χ3v) is 2.13. The van der Waals surface area contributed by atoms with E-state index in [2.05, 4.69) is 5.32 Å². The summed E-state index contributed by atoms with van der Waals surface area (Å²) < 4.78 is 0. The van der Waals surface area contributed by atoms with E-state index in [0.717, 1.165) is 30.8 Å². The molecule has 4 nitrogen and oxygen atoms in total. The van der Waals surface area contributed by atoms with E-state index < -0.39 is 0 Å². The van der Waals surface area contributed by atoms with E-state index in [1.54, 1.807) is 0 Å². The molecule has 0 saturated heterocycles. The van der Waals surface area contributed by atoms with Crippen molar-refractivity contribution in [2.45, 2.75) is 19.3 Å². The van der Waals surface area contributed by atoms with Crippen molar-refractivity contribution in [2.75, 3.05) is 17.6 Å². The largest absolute Gasteiger partial charge is 0.397 e. The number of benzene rings is 1. The Morgan fingerprint density at radius 3 is 2.67 bits per heavy atom. The summed E-state index contributed by atoms with van der Waals surface area (Å²) >= 11 is 0. The molecule has 0 fully saturated rings. The molecule has 1 aromatic carbocycles. The molecule has 0 unspecified atom stereocenters. The molecule has 0 radical (unpaired) electrons. The third kappa shape index (κ3) is 4.35. The predicted molar refractivity (Wildman–Crippen MR) is 62.4 cm³/mol. The number of nitrogens with one attached hydrogen (secondary N) is 1. The maximum absolute atomic E-state index is 10.5. The molecule has 4 heteroatoms. The number of carbonyl (C=O) groups is 1. The molecule has 1 rings (SSSR count). The fourth-order valence-electron chi connectivity index (χ4n) is 1.31. The van der Waals surface area contributed by atoms with Crippen molar-refractivity contribution >= 4 is 17.3 Å². The van der Waals surface area contributed by atoms with Crippen LogP contribution in [-0.4, -0.2) is 12.5 Å². The number of amides is 1. The highest BCUT2D eigenvalue weighted by molar-refractivity contribution is 5.73. The van der Waals surface area contributed by atoms with Gasteiger partial charge in [-0.1, -0.05) is 12.1 Å². The van der Waals surface area contributed by atoms with Gasteiger partial charge in [0.15, 0.2) is 0 Å². The van der Waals surface area contributed by atoms with Crippen LogP contribution in [0.2, 0.25) is 0 Å². The molecule has 0 atom stereocenters. The van der Waals surface area contributed by atoms with Crippen molar-refractivity contribution < 1.29 is 4.79 Å². The summed E-state index contributed by atoms with van der Waals surface area (Å²) in [6, 6.07) is 7.62. The Balaban J connectivity index is 2.21. The number of carbonyl (C=O) groups excluding carboxylic acids is 1. The molecule has 0 bridgehead atoms. The summed E-state index contributed by atoms with van der Waals surface area (Å²) in [5, 5.41) is 3.21. The zero-order valence-electron chi connectivity index (χ0n) is 8.70. The fraction of sp³-hybridized carbons (Fsp3) is 0.364. The molecule has 1 aromatic rings. The van der Waals surface area contributed by atoms with Crippen molar-refractivity contribution in [1.29, 1.82) is 0 Å². The summed E-state index contributed by atoms with van der Waals surface area (Å²) in [6.07, 6.45) is 2.18. The number of hydrogen-bond acceptors (Lipinski definition) is 3. The Morgan fingerprint density at radius 1 is 1.27 bits per heavy atom. The van der Waals surface area contributed by atoms with E-state index >= 15 is 0 Å². The highest BCUT2D eigenvalue weighted by Crippen LogP contribution is 2.16. The minimum atomic E-state index is -0.241. The van der Waals surface area contributed by atoms with Crippen LogP contribution in [0.25, 0.3) is 0 Å². The Morgan fingerprint density at radius 2 is 2.00 bits per heavy atom. The van der Waals surface area contributed by atoms with Gasteiger partial charge in [-0.3, -0.25) is 4.79 Å². The molecule has 0 spiro atoms. The Bertz CT molecular complexity index is 325. The van der Waals surface area contributed by atoms with Crippen LogP contribution in [0.5, 0.6) is 0 Å². The van der Waals surface area contributed by atoms with Crippen LogP contribution in [0.3, 0.4) is 0 Å². The van der Waals surface area contributed by atoms with Gasteiger partial charge >= 0.3 is 0 Å². The quantitative estimate of drug-likeness (QED) is 0.486. The van der Waals surface area contributed by atoms with E-state index in [0.29, 0.717) is 6.42 Å². The smallest absolute Gasteiger partial charge is 0.217 e. The van der Waals surface area contributed by atoms with Crippen LogP contribution in [0.1, 0.15) is 19.3 Å². The lowest BCUT2D eigenvalue weighted by molar-refractivity contribution is -0.118. The number of nitrogens with two attached hydrogens (primary N) is 2. The monoisotopic (exact) mass is 207 g/mol. The normalized spacial score (nSPS) is 9.87. The van der Waals surface area contributed by atoms with E-state index in [1.807, 2.05) is 24.3 Å². The highest BCUT2D eigenvalue weighted by atomic mass is 16.1.